The summed E-state index contributed by atoms with van der Waals surface area (Å²) in [6.45, 7) is 3.50. The van der Waals surface area contributed by atoms with Crippen molar-refractivity contribution in [3.05, 3.63) is 55.7 Å². The molecule has 1 aromatic heterocycles. The molecule has 2 nitrogen and oxygen atoms in total. The number of aryl methyl sites for hydroxylation is 2. The van der Waals surface area contributed by atoms with E-state index in [1.54, 1.807) is 6.92 Å². The van der Waals surface area contributed by atoms with Crippen LogP contribution in [0.4, 0.5) is 13.2 Å². The molecule has 1 unspecified atom stereocenters. The van der Waals surface area contributed by atoms with Crippen LogP contribution in [-0.2, 0) is 6.18 Å². The van der Waals surface area contributed by atoms with Crippen LogP contribution in [0.25, 0.3) is 0 Å². The first-order chi connectivity index (χ1) is 9.75. The van der Waals surface area contributed by atoms with Crippen LogP contribution in [0.2, 0.25) is 5.02 Å². The van der Waals surface area contributed by atoms with E-state index in [0.29, 0.717) is 16.1 Å². The number of rotatable bonds is 3. The maximum absolute atomic E-state index is 12.7. The largest absolute Gasteiger partial charge is 0.416 e. The van der Waals surface area contributed by atoms with Gasteiger partial charge in [0.1, 0.15) is 0 Å². The first kappa shape index (κ1) is 16.3. The molecule has 21 heavy (non-hydrogen) atoms. The SMILES string of the molecule is Cc1cc(C(F)(F)F)ccc1C(NN)c1scc(C)c1Cl. The van der Waals surface area contributed by atoms with E-state index in [-0.39, 0.29) is 0 Å². The molecule has 0 saturated carbocycles. The second-order valence-electron chi connectivity index (χ2n) is 4.77. The predicted octanol–water partition coefficient (Wildman–Crippen LogP) is 4.59. The summed E-state index contributed by atoms with van der Waals surface area (Å²) in [6.07, 6.45) is -4.36. The summed E-state index contributed by atoms with van der Waals surface area (Å²) < 4.78 is 38.1. The number of nitrogens with one attached hydrogen (secondary N) is 1. The first-order valence-corrected chi connectivity index (χ1v) is 7.38. The number of benzene rings is 1. The topological polar surface area (TPSA) is 38.0 Å². The van der Waals surface area contributed by atoms with Crippen molar-refractivity contribution in [3.8, 4) is 0 Å². The summed E-state index contributed by atoms with van der Waals surface area (Å²) >= 11 is 7.65. The normalized spacial score (nSPS) is 13.5. The van der Waals surface area contributed by atoms with Gasteiger partial charge in [-0.25, -0.2) is 5.43 Å². The Kier molecular flexibility index (Phi) is 4.63. The lowest BCUT2D eigenvalue weighted by Gasteiger charge is -2.19. The van der Waals surface area contributed by atoms with Crippen molar-refractivity contribution in [2.75, 3.05) is 0 Å². The zero-order valence-corrected chi connectivity index (χ0v) is 13.0. The highest BCUT2D eigenvalue weighted by Gasteiger charge is 2.31. The van der Waals surface area contributed by atoms with Gasteiger partial charge < -0.3 is 0 Å². The summed E-state index contributed by atoms with van der Waals surface area (Å²) in [5.41, 5.74) is 4.06. The lowest BCUT2D eigenvalue weighted by Crippen LogP contribution is -2.29. The van der Waals surface area contributed by atoms with Gasteiger partial charge >= 0.3 is 6.18 Å². The summed E-state index contributed by atoms with van der Waals surface area (Å²) in [5.74, 6) is 5.58. The van der Waals surface area contributed by atoms with Crippen LogP contribution in [0, 0.1) is 13.8 Å². The molecule has 0 aliphatic heterocycles. The molecule has 3 N–H and O–H groups in total. The lowest BCUT2D eigenvalue weighted by atomic mass is 9.97. The van der Waals surface area contributed by atoms with E-state index in [1.807, 2.05) is 12.3 Å². The molecule has 1 aromatic carbocycles. The number of nitrogens with two attached hydrogens (primary N) is 1. The number of alkyl halides is 3. The van der Waals surface area contributed by atoms with Gasteiger partial charge in [-0.05, 0) is 48.1 Å². The predicted molar refractivity (Wildman–Crippen MR) is 79.4 cm³/mol. The van der Waals surface area contributed by atoms with Crippen LogP contribution in [0.1, 0.15) is 33.2 Å². The van der Waals surface area contributed by atoms with E-state index in [4.69, 9.17) is 17.4 Å². The van der Waals surface area contributed by atoms with Crippen molar-refractivity contribution >= 4 is 22.9 Å². The Bertz CT molecular complexity index is 652. The smallest absolute Gasteiger partial charge is 0.271 e. The highest BCUT2D eigenvalue weighted by Crippen LogP contribution is 2.38. The van der Waals surface area contributed by atoms with Gasteiger partial charge in [-0.15, -0.1) is 11.3 Å². The van der Waals surface area contributed by atoms with Gasteiger partial charge in [0.2, 0.25) is 0 Å². The van der Waals surface area contributed by atoms with Crippen LogP contribution in [0.5, 0.6) is 0 Å². The average molecular weight is 335 g/mol. The molecule has 0 fully saturated rings. The highest BCUT2D eigenvalue weighted by molar-refractivity contribution is 7.10. The zero-order chi connectivity index (χ0) is 15.8. The minimum Gasteiger partial charge on any atom is -0.271 e. The molecule has 1 atom stereocenters. The Labute approximate surface area is 129 Å². The quantitative estimate of drug-likeness (QED) is 0.636. The minimum atomic E-state index is -4.36. The molecule has 114 valence electrons. The summed E-state index contributed by atoms with van der Waals surface area (Å²) in [4.78, 5) is 0.791. The van der Waals surface area contributed by atoms with Gasteiger partial charge in [0.05, 0.1) is 16.6 Å². The molecule has 0 radical (unpaired) electrons. The van der Waals surface area contributed by atoms with Gasteiger partial charge in [-0.3, -0.25) is 5.84 Å². The van der Waals surface area contributed by atoms with Gasteiger partial charge in [-0.2, -0.15) is 13.2 Å². The van der Waals surface area contributed by atoms with E-state index < -0.39 is 17.8 Å². The van der Waals surface area contributed by atoms with Crippen molar-refractivity contribution in [1.29, 1.82) is 0 Å². The number of hydrogen-bond acceptors (Lipinski definition) is 3. The Morgan fingerprint density at radius 2 is 1.90 bits per heavy atom. The van der Waals surface area contributed by atoms with Crippen molar-refractivity contribution in [3.63, 3.8) is 0 Å². The van der Waals surface area contributed by atoms with Crippen molar-refractivity contribution in [2.24, 2.45) is 5.84 Å². The van der Waals surface area contributed by atoms with Crippen LogP contribution >= 0.6 is 22.9 Å². The van der Waals surface area contributed by atoms with Gasteiger partial charge in [-0.1, -0.05) is 17.7 Å². The molecule has 2 aromatic rings. The number of hydrazine groups is 1. The standard InChI is InChI=1S/C14H14ClF3N2S/c1-7-5-9(14(16,17)18)3-4-10(7)12(20-19)13-11(15)8(2)6-21-13/h3-6,12,20H,19H2,1-2H3. The van der Waals surface area contributed by atoms with E-state index in [2.05, 4.69) is 5.43 Å². The monoisotopic (exact) mass is 334 g/mol. The first-order valence-electron chi connectivity index (χ1n) is 6.13. The Balaban J connectivity index is 2.47. The Hall–Kier alpha value is -1.08. The van der Waals surface area contributed by atoms with E-state index >= 15 is 0 Å². The third-order valence-electron chi connectivity index (χ3n) is 3.26. The van der Waals surface area contributed by atoms with Crippen LogP contribution in [-0.4, -0.2) is 0 Å². The maximum Gasteiger partial charge on any atom is 0.416 e. The molecule has 0 bridgehead atoms. The molecule has 2 rings (SSSR count). The zero-order valence-electron chi connectivity index (χ0n) is 11.4. The molecule has 0 aliphatic carbocycles. The Morgan fingerprint density at radius 1 is 1.24 bits per heavy atom. The summed E-state index contributed by atoms with van der Waals surface area (Å²) in [6, 6.07) is 3.18. The lowest BCUT2D eigenvalue weighted by molar-refractivity contribution is -0.137. The van der Waals surface area contributed by atoms with Crippen LogP contribution in [0.15, 0.2) is 23.6 Å². The van der Waals surface area contributed by atoms with Gasteiger partial charge in [0.15, 0.2) is 0 Å². The van der Waals surface area contributed by atoms with E-state index in [9.17, 15) is 13.2 Å². The van der Waals surface area contributed by atoms with Crippen LogP contribution in [0.3, 0.4) is 0 Å². The highest BCUT2D eigenvalue weighted by atomic mass is 35.5. The van der Waals surface area contributed by atoms with Crippen LogP contribution < -0.4 is 11.3 Å². The summed E-state index contributed by atoms with van der Waals surface area (Å²) in [7, 11) is 0. The Morgan fingerprint density at radius 3 is 2.33 bits per heavy atom. The van der Waals surface area contributed by atoms with Crippen molar-refractivity contribution < 1.29 is 13.2 Å². The number of thiophene rings is 1. The fourth-order valence-corrected chi connectivity index (χ4v) is 3.51. The molecular weight excluding hydrogens is 321 g/mol. The maximum atomic E-state index is 12.7. The fraction of sp³-hybridized carbons (Fsp3) is 0.286. The third-order valence-corrected chi connectivity index (χ3v) is 5.04. The second-order valence-corrected chi connectivity index (χ2v) is 6.05. The third kappa shape index (κ3) is 3.23. The molecule has 0 spiro atoms. The number of hydrogen-bond donors (Lipinski definition) is 2. The number of halogens is 4. The van der Waals surface area contributed by atoms with Gasteiger partial charge in [0.25, 0.3) is 0 Å². The second kappa shape index (κ2) is 5.96. The molecular formula is C14H14ClF3N2S. The minimum absolute atomic E-state index is 0.432. The fourth-order valence-electron chi connectivity index (χ4n) is 2.13. The molecule has 0 saturated heterocycles. The molecule has 7 heteroatoms. The van der Waals surface area contributed by atoms with Crippen molar-refractivity contribution in [2.45, 2.75) is 26.1 Å². The van der Waals surface area contributed by atoms with E-state index in [0.717, 1.165) is 22.6 Å². The van der Waals surface area contributed by atoms with Crippen molar-refractivity contribution in [1.82, 2.24) is 5.43 Å². The molecule has 0 amide bonds. The summed E-state index contributed by atoms with van der Waals surface area (Å²) in [5, 5.41) is 2.48. The molecule has 1 heterocycles. The van der Waals surface area contributed by atoms with E-state index in [1.165, 1.54) is 17.4 Å². The van der Waals surface area contributed by atoms with Gasteiger partial charge in [0, 0.05) is 4.88 Å². The average Bonchev–Trinajstić information content (AvgIpc) is 2.72. The molecule has 0 aliphatic rings.